The number of hydrogen-bond donors (Lipinski definition) is 1. The first-order chi connectivity index (χ1) is 12.2. The number of aromatic nitrogens is 2. The Balaban J connectivity index is 1.54. The van der Waals surface area contributed by atoms with Crippen LogP contribution >= 0.6 is 0 Å². The van der Waals surface area contributed by atoms with Crippen molar-refractivity contribution in [1.82, 2.24) is 9.97 Å². The summed E-state index contributed by atoms with van der Waals surface area (Å²) in [5.74, 6) is 1.50. The summed E-state index contributed by atoms with van der Waals surface area (Å²) in [6, 6.07) is 7.77. The monoisotopic (exact) mass is 340 g/mol. The number of methoxy groups -OCH3 is 1. The van der Waals surface area contributed by atoms with E-state index in [4.69, 9.17) is 15.2 Å². The Morgan fingerprint density at radius 2 is 2.00 bits per heavy atom. The van der Waals surface area contributed by atoms with Gasteiger partial charge in [-0.25, -0.2) is 0 Å². The van der Waals surface area contributed by atoms with E-state index in [1.54, 1.807) is 4.90 Å². The molecule has 1 fully saturated rings. The normalized spacial score (nSPS) is 16.5. The first-order valence-electron chi connectivity index (χ1n) is 8.41. The van der Waals surface area contributed by atoms with Crippen LogP contribution in [0.25, 0.3) is 0 Å². The highest BCUT2D eigenvalue weighted by Gasteiger charge is 2.30. The highest BCUT2D eigenvalue weighted by atomic mass is 16.5. The maximum Gasteiger partial charge on any atom is 0.318 e. The molecule has 130 valence electrons. The van der Waals surface area contributed by atoms with E-state index in [1.165, 1.54) is 20.0 Å². The Kier molecular flexibility index (Phi) is 3.91. The number of benzene rings is 1. The third-order valence-corrected chi connectivity index (χ3v) is 4.54. The van der Waals surface area contributed by atoms with Gasteiger partial charge in [-0.05, 0) is 43.0 Å². The van der Waals surface area contributed by atoms with Crippen molar-refractivity contribution in [3.05, 3.63) is 35.5 Å². The van der Waals surface area contributed by atoms with Crippen LogP contribution < -0.4 is 20.1 Å². The van der Waals surface area contributed by atoms with Crippen LogP contribution in [0.4, 0.5) is 11.5 Å². The van der Waals surface area contributed by atoms with Crippen LogP contribution in [0.1, 0.15) is 28.9 Å². The van der Waals surface area contributed by atoms with Crippen LogP contribution in [0.2, 0.25) is 0 Å². The van der Waals surface area contributed by atoms with E-state index in [-0.39, 0.29) is 17.7 Å². The van der Waals surface area contributed by atoms with Gasteiger partial charge in [-0.15, -0.1) is 0 Å². The molecule has 1 saturated carbocycles. The molecule has 0 unspecified atom stereocenters. The summed E-state index contributed by atoms with van der Waals surface area (Å²) < 4.78 is 10.8. The van der Waals surface area contributed by atoms with Gasteiger partial charge in [-0.1, -0.05) is 0 Å². The Morgan fingerprint density at radius 1 is 1.24 bits per heavy atom. The molecule has 25 heavy (non-hydrogen) atoms. The van der Waals surface area contributed by atoms with Crippen molar-refractivity contribution < 1.29 is 14.3 Å². The average Bonchev–Trinajstić information content (AvgIpc) is 3.45. The van der Waals surface area contributed by atoms with E-state index in [0.29, 0.717) is 30.1 Å². The SMILES string of the molecule is COc1nc(N)c2c(n1)CCN(c1ccc(OCC3CC3)cc1)C2=O. The summed E-state index contributed by atoms with van der Waals surface area (Å²) in [5, 5.41) is 0. The van der Waals surface area contributed by atoms with E-state index in [0.717, 1.165) is 18.0 Å². The van der Waals surface area contributed by atoms with Crippen LogP contribution in [0.5, 0.6) is 11.8 Å². The molecular weight excluding hydrogens is 320 g/mol. The van der Waals surface area contributed by atoms with E-state index in [2.05, 4.69) is 9.97 Å². The molecule has 7 heteroatoms. The molecular formula is C18H20N4O3. The molecule has 2 N–H and O–H groups in total. The maximum absolute atomic E-state index is 12.8. The molecule has 1 aliphatic carbocycles. The number of carbonyl (C=O) groups is 1. The molecule has 1 aromatic carbocycles. The topological polar surface area (TPSA) is 90.6 Å². The maximum atomic E-state index is 12.8. The molecule has 4 rings (SSSR count). The van der Waals surface area contributed by atoms with Crippen LogP contribution in [-0.4, -0.2) is 36.1 Å². The standard InChI is InChI=1S/C18H20N4O3/c1-24-18-20-14-8-9-22(17(23)15(14)16(19)21-18)12-4-6-13(7-5-12)25-10-11-2-3-11/h4-7,11H,2-3,8-10H2,1H3,(H2,19,20,21). The molecule has 2 aromatic rings. The minimum Gasteiger partial charge on any atom is -0.493 e. The number of ether oxygens (including phenoxy) is 2. The zero-order valence-corrected chi connectivity index (χ0v) is 14.1. The number of nitrogen functional groups attached to an aromatic ring is 1. The fraction of sp³-hybridized carbons (Fsp3) is 0.389. The predicted octanol–water partition coefficient (Wildman–Crippen LogP) is 2.06. The molecule has 1 amide bonds. The average molecular weight is 340 g/mol. The van der Waals surface area contributed by atoms with Crippen molar-refractivity contribution in [1.29, 1.82) is 0 Å². The molecule has 0 atom stereocenters. The molecule has 2 heterocycles. The quantitative estimate of drug-likeness (QED) is 0.896. The van der Waals surface area contributed by atoms with Crippen molar-refractivity contribution in [2.75, 3.05) is 30.9 Å². The van der Waals surface area contributed by atoms with Crippen LogP contribution in [0, 0.1) is 5.92 Å². The first-order valence-corrected chi connectivity index (χ1v) is 8.41. The Bertz CT molecular complexity index is 803. The molecule has 1 aliphatic heterocycles. The lowest BCUT2D eigenvalue weighted by molar-refractivity contribution is 0.0980. The first kappa shape index (κ1) is 15.7. The van der Waals surface area contributed by atoms with Gasteiger partial charge in [-0.2, -0.15) is 9.97 Å². The third kappa shape index (κ3) is 3.09. The van der Waals surface area contributed by atoms with E-state index < -0.39 is 0 Å². The lowest BCUT2D eigenvalue weighted by Gasteiger charge is -2.28. The predicted molar refractivity (Wildman–Crippen MR) is 93.0 cm³/mol. The zero-order chi connectivity index (χ0) is 17.4. The molecule has 0 spiro atoms. The van der Waals surface area contributed by atoms with Gasteiger partial charge < -0.3 is 20.1 Å². The second kappa shape index (κ2) is 6.23. The van der Waals surface area contributed by atoms with E-state index >= 15 is 0 Å². The van der Waals surface area contributed by atoms with Gasteiger partial charge >= 0.3 is 6.01 Å². The van der Waals surface area contributed by atoms with Crippen molar-refractivity contribution >= 4 is 17.4 Å². The molecule has 2 aliphatic rings. The van der Waals surface area contributed by atoms with E-state index in [1.807, 2.05) is 24.3 Å². The minimum atomic E-state index is -0.187. The Morgan fingerprint density at radius 3 is 2.68 bits per heavy atom. The molecule has 1 aromatic heterocycles. The number of carbonyl (C=O) groups excluding carboxylic acids is 1. The summed E-state index contributed by atoms with van der Waals surface area (Å²) in [7, 11) is 1.48. The molecule has 0 saturated heterocycles. The van der Waals surface area contributed by atoms with Gasteiger partial charge in [0.15, 0.2) is 0 Å². The van der Waals surface area contributed by atoms with Gasteiger partial charge in [-0.3, -0.25) is 4.79 Å². The number of hydrogen-bond acceptors (Lipinski definition) is 6. The number of rotatable bonds is 5. The van der Waals surface area contributed by atoms with Crippen LogP contribution in [-0.2, 0) is 6.42 Å². The van der Waals surface area contributed by atoms with Crippen molar-refractivity contribution in [2.24, 2.45) is 5.92 Å². The molecule has 0 bridgehead atoms. The third-order valence-electron chi connectivity index (χ3n) is 4.54. The van der Waals surface area contributed by atoms with Crippen LogP contribution in [0.3, 0.4) is 0 Å². The summed E-state index contributed by atoms with van der Waals surface area (Å²) in [5.41, 5.74) is 7.75. The number of amides is 1. The van der Waals surface area contributed by atoms with Gasteiger partial charge in [0.05, 0.1) is 19.4 Å². The van der Waals surface area contributed by atoms with Gasteiger partial charge in [0, 0.05) is 18.7 Å². The number of fused-ring (bicyclic) bond motifs is 1. The van der Waals surface area contributed by atoms with Gasteiger partial charge in [0.2, 0.25) is 0 Å². The van der Waals surface area contributed by atoms with Crippen LogP contribution in [0.15, 0.2) is 24.3 Å². The molecule has 0 radical (unpaired) electrons. The summed E-state index contributed by atoms with van der Waals surface area (Å²) in [4.78, 5) is 22.8. The summed E-state index contributed by atoms with van der Waals surface area (Å²) in [6.45, 7) is 1.30. The lowest BCUT2D eigenvalue weighted by atomic mass is 10.0. The summed E-state index contributed by atoms with van der Waals surface area (Å²) >= 11 is 0. The largest absolute Gasteiger partial charge is 0.493 e. The second-order valence-corrected chi connectivity index (χ2v) is 6.37. The minimum absolute atomic E-state index is 0.154. The molecule has 7 nitrogen and oxygen atoms in total. The van der Waals surface area contributed by atoms with E-state index in [9.17, 15) is 4.79 Å². The summed E-state index contributed by atoms with van der Waals surface area (Å²) in [6.07, 6.45) is 3.12. The Labute approximate surface area is 145 Å². The van der Waals surface area contributed by atoms with Gasteiger partial charge in [0.25, 0.3) is 5.91 Å². The Hall–Kier alpha value is -2.83. The fourth-order valence-electron chi connectivity index (χ4n) is 2.93. The number of anilines is 2. The number of nitrogens with two attached hydrogens (primary N) is 1. The van der Waals surface area contributed by atoms with Crippen molar-refractivity contribution in [3.8, 4) is 11.8 Å². The fourth-order valence-corrected chi connectivity index (χ4v) is 2.93. The van der Waals surface area contributed by atoms with Crippen molar-refractivity contribution in [2.45, 2.75) is 19.3 Å². The lowest BCUT2D eigenvalue weighted by Crippen LogP contribution is -2.39. The van der Waals surface area contributed by atoms with Crippen molar-refractivity contribution in [3.63, 3.8) is 0 Å². The smallest absolute Gasteiger partial charge is 0.318 e. The number of nitrogens with zero attached hydrogens (tertiary/aromatic N) is 3. The van der Waals surface area contributed by atoms with Gasteiger partial charge in [0.1, 0.15) is 17.1 Å². The highest BCUT2D eigenvalue weighted by Crippen LogP contribution is 2.31. The zero-order valence-electron chi connectivity index (χ0n) is 14.1. The highest BCUT2D eigenvalue weighted by molar-refractivity contribution is 6.10. The second-order valence-electron chi connectivity index (χ2n) is 6.37.